The second-order valence-corrected chi connectivity index (χ2v) is 3.56. The maximum atomic E-state index is 3.98. The van der Waals surface area contributed by atoms with Gasteiger partial charge in [0.2, 0.25) is 0 Å². The Bertz CT molecular complexity index is 176. The first-order valence-electron chi connectivity index (χ1n) is 4.27. The lowest BCUT2D eigenvalue weighted by Gasteiger charge is -2.43. The smallest absolute Gasteiger partial charge is 0.0356 e. The van der Waals surface area contributed by atoms with E-state index in [-0.39, 0.29) is 0 Å². The minimum absolute atomic E-state index is 0.762. The van der Waals surface area contributed by atoms with Gasteiger partial charge in [0.1, 0.15) is 0 Å². The van der Waals surface area contributed by atoms with E-state index in [4.69, 9.17) is 0 Å². The Morgan fingerprint density at radius 2 is 2.36 bits per heavy atom. The maximum Gasteiger partial charge on any atom is 0.0356 e. The van der Waals surface area contributed by atoms with E-state index < -0.39 is 0 Å². The van der Waals surface area contributed by atoms with E-state index in [0.29, 0.717) is 0 Å². The van der Waals surface area contributed by atoms with Gasteiger partial charge in [-0.25, -0.2) is 0 Å². The van der Waals surface area contributed by atoms with Crippen LogP contribution in [0.1, 0.15) is 12.8 Å². The fourth-order valence-corrected chi connectivity index (χ4v) is 2.03. The molecule has 2 fully saturated rings. The fourth-order valence-electron chi connectivity index (χ4n) is 2.03. The number of rotatable bonds is 0. The first kappa shape index (κ1) is 7.17. The summed E-state index contributed by atoms with van der Waals surface area (Å²) in [7, 11) is 3.95. The van der Waals surface area contributed by atoms with Crippen LogP contribution in [-0.2, 0) is 0 Å². The van der Waals surface area contributed by atoms with Crippen LogP contribution in [0.4, 0.5) is 0 Å². The van der Waals surface area contributed by atoms with E-state index in [1.54, 1.807) is 0 Å². The summed E-state index contributed by atoms with van der Waals surface area (Å²) in [5, 5.41) is 0. The third-order valence-corrected chi connectivity index (χ3v) is 2.76. The summed E-state index contributed by atoms with van der Waals surface area (Å²) in [4.78, 5) is 4.57. The highest BCUT2D eigenvalue weighted by Crippen LogP contribution is 2.24. The van der Waals surface area contributed by atoms with Crippen molar-refractivity contribution in [2.45, 2.75) is 18.9 Å². The molecule has 2 aliphatic rings. The number of piperazine rings is 1. The molecule has 0 spiro atoms. The van der Waals surface area contributed by atoms with Gasteiger partial charge in [-0.2, -0.15) is 0 Å². The molecule has 2 heterocycles. The van der Waals surface area contributed by atoms with Crippen LogP contribution in [-0.4, -0.2) is 35.5 Å². The summed E-state index contributed by atoms with van der Waals surface area (Å²) in [6.07, 6.45) is 2.70. The first-order valence-corrected chi connectivity index (χ1v) is 4.27. The minimum atomic E-state index is 0.762. The Morgan fingerprint density at radius 1 is 1.55 bits per heavy atom. The van der Waals surface area contributed by atoms with Crippen molar-refractivity contribution in [2.75, 3.05) is 19.6 Å². The molecule has 2 heteroatoms. The Morgan fingerprint density at radius 3 is 3.18 bits per heavy atom. The average Bonchev–Trinajstić information content (AvgIpc) is 2.36. The lowest BCUT2D eigenvalue weighted by atomic mass is 10.1. The Hall–Kier alpha value is -0.500. The minimum Gasteiger partial charge on any atom is -0.527 e. The maximum absolute atomic E-state index is 3.98. The molecule has 0 aromatic heterocycles. The number of nitrogens with zero attached hydrogens (tertiary/aromatic N) is 2. The van der Waals surface area contributed by atoms with E-state index in [1.165, 1.54) is 25.1 Å². The van der Waals surface area contributed by atoms with Crippen LogP contribution in [0.2, 0.25) is 0 Å². The highest BCUT2D eigenvalue weighted by atomic mass is 15.3. The predicted molar refractivity (Wildman–Crippen MR) is 45.8 cm³/mol. The van der Waals surface area contributed by atoms with Gasteiger partial charge in [0, 0.05) is 19.1 Å². The summed E-state index contributed by atoms with van der Waals surface area (Å²) in [6.45, 7) is 7.36. The van der Waals surface area contributed by atoms with E-state index in [1.807, 2.05) is 4.90 Å². The van der Waals surface area contributed by atoms with Gasteiger partial charge in [-0.1, -0.05) is 6.58 Å². The van der Waals surface area contributed by atoms with Gasteiger partial charge in [0.25, 0.3) is 0 Å². The predicted octanol–water partition coefficient (Wildman–Crippen LogP) is 1.07. The van der Waals surface area contributed by atoms with Crippen molar-refractivity contribution in [3.8, 4) is 0 Å². The molecule has 0 aromatic rings. The van der Waals surface area contributed by atoms with E-state index in [9.17, 15) is 0 Å². The highest BCUT2D eigenvalue weighted by molar-refractivity contribution is 5.05. The highest BCUT2D eigenvalue weighted by Gasteiger charge is 2.28. The Balaban J connectivity index is 2.06. The van der Waals surface area contributed by atoms with Gasteiger partial charge in [-0.3, -0.25) is 11.9 Å². The van der Waals surface area contributed by atoms with Crippen molar-refractivity contribution in [3.63, 3.8) is 0 Å². The molecular formula is C9H15N2-. The molecule has 0 amide bonds. The zero-order valence-corrected chi connectivity index (χ0v) is 6.92. The summed E-state index contributed by atoms with van der Waals surface area (Å²) >= 11 is 0. The van der Waals surface area contributed by atoms with Gasteiger partial charge >= 0.3 is 0 Å². The summed E-state index contributed by atoms with van der Waals surface area (Å²) in [5.41, 5.74) is 1.17. The topological polar surface area (TPSA) is 6.48 Å². The van der Waals surface area contributed by atoms with Crippen LogP contribution in [0, 0.1) is 7.05 Å². The second-order valence-electron chi connectivity index (χ2n) is 3.56. The van der Waals surface area contributed by atoms with Crippen molar-refractivity contribution >= 4 is 0 Å². The monoisotopic (exact) mass is 151 g/mol. The fraction of sp³-hybridized carbons (Fsp3) is 0.667. The lowest BCUT2D eigenvalue weighted by molar-refractivity contribution is 0.175. The first-order chi connectivity index (χ1) is 5.27. The van der Waals surface area contributed by atoms with E-state index in [0.717, 1.165) is 19.1 Å². The van der Waals surface area contributed by atoms with E-state index >= 15 is 0 Å². The third-order valence-electron chi connectivity index (χ3n) is 2.76. The standard InChI is InChI=1S/C9H15N2/c1-8-6-11-5-3-4-9(11)7-10(8)2/h9H,1-7H2/q-1. The van der Waals surface area contributed by atoms with Crippen LogP contribution >= 0.6 is 0 Å². The normalized spacial score (nSPS) is 32.6. The summed E-state index contributed by atoms with van der Waals surface area (Å²) in [6, 6.07) is 0.762. The van der Waals surface area contributed by atoms with Gasteiger partial charge in [-0.05, 0) is 25.1 Å². The van der Waals surface area contributed by atoms with Gasteiger partial charge in [-0.15, -0.1) is 0 Å². The molecule has 0 aliphatic carbocycles. The third kappa shape index (κ3) is 1.16. The van der Waals surface area contributed by atoms with Crippen molar-refractivity contribution in [3.05, 3.63) is 19.3 Å². The molecule has 2 rings (SSSR count). The molecule has 0 bridgehead atoms. The van der Waals surface area contributed by atoms with E-state index in [2.05, 4.69) is 18.5 Å². The number of fused-ring (bicyclic) bond motifs is 1. The molecule has 1 atom stereocenters. The molecule has 2 aliphatic heterocycles. The zero-order chi connectivity index (χ0) is 7.84. The molecule has 2 nitrogen and oxygen atoms in total. The molecule has 1 unspecified atom stereocenters. The SMILES string of the molecule is C=C1CN2CCCC2CN1[CH2-]. The van der Waals surface area contributed by atoms with Crippen LogP contribution < -0.4 is 0 Å². The second kappa shape index (κ2) is 2.52. The van der Waals surface area contributed by atoms with Gasteiger partial charge in [0.05, 0.1) is 0 Å². The molecule has 0 radical (unpaired) electrons. The number of hydrogen-bond acceptors (Lipinski definition) is 2. The molecule has 0 aromatic carbocycles. The number of hydrogen-bond donors (Lipinski definition) is 0. The van der Waals surface area contributed by atoms with Crippen molar-refractivity contribution < 1.29 is 0 Å². The summed E-state index contributed by atoms with van der Waals surface area (Å²) in [5.74, 6) is 0. The van der Waals surface area contributed by atoms with Crippen LogP contribution in [0.25, 0.3) is 0 Å². The quantitative estimate of drug-likeness (QED) is 0.478. The lowest BCUT2D eigenvalue weighted by Crippen LogP contribution is -2.45. The van der Waals surface area contributed by atoms with Crippen LogP contribution in [0.15, 0.2) is 12.3 Å². The largest absolute Gasteiger partial charge is 0.527 e. The van der Waals surface area contributed by atoms with Crippen molar-refractivity contribution in [2.24, 2.45) is 0 Å². The molecule has 0 saturated carbocycles. The van der Waals surface area contributed by atoms with Crippen molar-refractivity contribution in [1.82, 2.24) is 9.80 Å². The molecule has 62 valence electrons. The van der Waals surface area contributed by atoms with Gasteiger partial charge < -0.3 is 4.90 Å². The van der Waals surface area contributed by atoms with Crippen LogP contribution in [0.3, 0.4) is 0 Å². The van der Waals surface area contributed by atoms with Crippen molar-refractivity contribution in [1.29, 1.82) is 0 Å². The zero-order valence-electron chi connectivity index (χ0n) is 6.92. The van der Waals surface area contributed by atoms with Gasteiger partial charge in [0.15, 0.2) is 0 Å². The molecular weight excluding hydrogens is 136 g/mol. The Kier molecular flexibility index (Phi) is 1.64. The molecule has 11 heavy (non-hydrogen) atoms. The average molecular weight is 151 g/mol. The summed E-state index contributed by atoms with van der Waals surface area (Å²) < 4.78 is 0. The molecule has 2 saturated heterocycles. The molecule has 0 N–H and O–H groups in total. The van der Waals surface area contributed by atoms with Crippen LogP contribution in [0.5, 0.6) is 0 Å². The Labute approximate surface area is 68.5 Å².